The molecule has 0 spiro atoms. The predicted molar refractivity (Wildman–Crippen MR) is 105 cm³/mol. The Hall–Kier alpha value is -1.36. The molecule has 1 atom stereocenters. The molecule has 1 fully saturated rings. The van der Waals surface area contributed by atoms with Crippen LogP contribution in [0.15, 0.2) is 24.3 Å². The van der Waals surface area contributed by atoms with E-state index in [1.165, 1.54) is 19.3 Å². The monoisotopic (exact) mass is 378 g/mol. The van der Waals surface area contributed by atoms with Crippen molar-refractivity contribution in [3.63, 3.8) is 0 Å². The number of nitrogens with one attached hydrogen (secondary N) is 1. The number of nitrogens with zero attached hydrogens (tertiary/aromatic N) is 3. The minimum Gasteiger partial charge on any atom is -0.341 e. The smallest absolute Gasteiger partial charge is 0.225 e. The number of hydrogen-bond donors (Lipinski definition) is 1. The van der Waals surface area contributed by atoms with Gasteiger partial charge in [-0.2, -0.15) is 0 Å². The zero-order valence-corrected chi connectivity index (χ0v) is 16.2. The van der Waals surface area contributed by atoms with Gasteiger partial charge in [-0.3, -0.25) is 0 Å². The standard InChI is InChI=1S/C19H24Cl2N4/c1-13-10-16(24-19(23-13)25-8-4-3-5-9-25)12-22-14(2)17-7-6-15(20)11-18(17)21/h6-7,10-11,14,22H,3-5,8-9,12H2,1-2H3. The summed E-state index contributed by atoms with van der Waals surface area (Å²) < 4.78 is 0. The zero-order valence-electron chi connectivity index (χ0n) is 14.7. The highest BCUT2D eigenvalue weighted by Gasteiger charge is 2.15. The summed E-state index contributed by atoms with van der Waals surface area (Å²) in [6.07, 6.45) is 3.74. The number of halogens is 2. The molecule has 1 unspecified atom stereocenters. The van der Waals surface area contributed by atoms with Gasteiger partial charge in [0, 0.05) is 41.4 Å². The van der Waals surface area contributed by atoms with Gasteiger partial charge in [0.05, 0.1) is 5.69 Å². The van der Waals surface area contributed by atoms with Crippen LogP contribution in [0.4, 0.5) is 5.95 Å². The van der Waals surface area contributed by atoms with Crippen molar-refractivity contribution in [2.75, 3.05) is 18.0 Å². The van der Waals surface area contributed by atoms with Crippen LogP contribution in [0.2, 0.25) is 10.0 Å². The van der Waals surface area contributed by atoms with Crippen LogP contribution in [0.3, 0.4) is 0 Å². The molecule has 0 bridgehead atoms. The molecule has 1 N–H and O–H groups in total. The SMILES string of the molecule is Cc1cc(CNC(C)c2ccc(Cl)cc2Cl)nc(N2CCCCC2)n1. The van der Waals surface area contributed by atoms with Gasteiger partial charge in [0.1, 0.15) is 0 Å². The van der Waals surface area contributed by atoms with Gasteiger partial charge in [0.2, 0.25) is 5.95 Å². The Kier molecular flexibility index (Phi) is 6.15. The van der Waals surface area contributed by atoms with Crippen molar-refractivity contribution in [3.05, 3.63) is 51.3 Å². The summed E-state index contributed by atoms with van der Waals surface area (Å²) in [6.45, 7) is 6.89. The third-order valence-corrected chi connectivity index (χ3v) is 5.12. The summed E-state index contributed by atoms with van der Waals surface area (Å²) in [4.78, 5) is 11.7. The topological polar surface area (TPSA) is 41.1 Å². The molecule has 1 saturated heterocycles. The van der Waals surface area contributed by atoms with E-state index in [2.05, 4.69) is 22.1 Å². The second kappa shape index (κ2) is 8.35. The molecule has 0 radical (unpaired) electrons. The Bertz CT molecular complexity index is 729. The van der Waals surface area contributed by atoms with Crippen molar-refractivity contribution in [2.45, 2.75) is 45.7 Å². The lowest BCUT2D eigenvalue weighted by Crippen LogP contribution is -2.31. The van der Waals surface area contributed by atoms with E-state index in [0.29, 0.717) is 16.6 Å². The van der Waals surface area contributed by atoms with Crippen LogP contribution in [0.5, 0.6) is 0 Å². The number of aromatic nitrogens is 2. The number of benzene rings is 1. The molecular formula is C19H24Cl2N4. The van der Waals surface area contributed by atoms with Crippen LogP contribution < -0.4 is 10.2 Å². The molecule has 1 aliphatic rings. The summed E-state index contributed by atoms with van der Waals surface area (Å²) in [5.41, 5.74) is 3.04. The summed E-state index contributed by atoms with van der Waals surface area (Å²) in [6, 6.07) is 7.76. The van der Waals surface area contributed by atoms with E-state index in [0.717, 1.165) is 36.0 Å². The molecule has 2 heterocycles. The molecule has 3 rings (SSSR count). The fourth-order valence-corrected chi connectivity index (χ4v) is 3.74. The normalized spacial score (nSPS) is 16.1. The molecule has 2 aromatic rings. The molecule has 6 heteroatoms. The Morgan fingerprint density at radius 3 is 2.60 bits per heavy atom. The highest BCUT2D eigenvalue weighted by molar-refractivity contribution is 6.35. The maximum absolute atomic E-state index is 6.30. The molecule has 0 saturated carbocycles. The van der Waals surface area contributed by atoms with Crippen LogP contribution >= 0.6 is 23.2 Å². The van der Waals surface area contributed by atoms with Gasteiger partial charge in [-0.15, -0.1) is 0 Å². The molecule has 4 nitrogen and oxygen atoms in total. The Morgan fingerprint density at radius 2 is 1.88 bits per heavy atom. The third-order valence-electron chi connectivity index (χ3n) is 4.55. The first kappa shape index (κ1) is 18.4. The van der Waals surface area contributed by atoms with Crippen molar-refractivity contribution in [1.82, 2.24) is 15.3 Å². The highest BCUT2D eigenvalue weighted by Crippen LogP contribution is 2.26. The minimum absolute atomic E-state index is 0.110. The number of rotatable bonds is 5. The molecule has 0 amide bonds. The van der Waals surface area contributed by atoms with Crippen LogP contribution in [0.25, 0.3) is 0 Å². The average Bonchev–Trinajstić information content (AvgIpc) is 2.60. The fourth-order valence-electron chi connectivity index (χ4n) is 3.16. The fraction of sp³-hybridized carbons (Fsp3) is 0.474. The number of hydrogen-bond acceptors (Lipinski definition) is 4. The Morgan fingerprint density at radius 1 is 1.12 bits per heavy atom. The zero-order chi connectivity index (χ0) is 17.8. The molecule has 1 aliphatic heterocycles. The van der Waals surface area contributed by atoms with Gasteiger partial charge in [-0.1, -0.05) is 29.3 Å². The number of piperidine rings is 1. The van der Waals surface area contributed by atoms with Gasteiger partial charge in [0.15, 0.2) is 0 Å². The summed E-state index contributed by atoms with van der Waals surface area (Å²) in [7, 11) is 0. The number of anilines is 1. The molecule has 0 aliphatic carbocycles. The average molecular weight is 379 g/mol. The van der Waals surface area contributed by atoms with Crippen molar-refractivity contribution < 1.29 is 0 Å². The lowest BCUT2D eigenvalue weighted by atomic mass is 10.1. The lowest BCUT2D eigenvalue weighted by Gasteiger charge is -2.27. The van der Waals surface area contributed by atoms with Gasteiger partial charge < -0.3 is 10.2 Å². The predicted octanol–water partition coefficient (Wildman–Crippen LogP) is 4.93. The van der Waals surface area contributed by atoms with Gasteiger partial charge in [-0.25, -0.2) is 9.97 Å². The molecule has 1 aromatic heterocycles. The van der Waals surface area contributed by atoms with Gasteiger partial charge in [0.25, 0.3) is 0 Å². The van der Waals surface area contributed by atoms with Crippen molar-refractivity contribution in [2.24, 2.45) is 0 Å². The first-order valence-electron chi connectivity index (χ1n) is 8.81. The molecule has 25 heavy (non-hydrogen) atoms. The molecule has 1 aromatic carbocycles. The first-order chi connectivity index (χ1) is 12.0. The Labute approximate surface area is 159 Å². The second-order valence-electron chi connectivity index (χ2n) is 6.62. The largest absolute Gasteiger partial charge is 0.341 e. The second-order valence-corrected chi connectivity index (χ2v) is 7.46. The van der Waals surface area contributed by atoms with Crippen molar-refractivity contribution >= 4 is 29.2 Å². The van der Waals surface area contributed by atoms with Crippen LogP contribution in [0.1, 0.15) is 49.2 Å². The van der Waals surface area contributed by atoms with E-state index >= 15 is 0 Å². The summed E-state index contributed by atoms with van der Waals surface area (Å²) in [5.74, 6) is 0.855. The minimum atomic E-state index is 0.110. The summed E-state index contributed by atoms with van der Waals surface area (Å²) >= 11 is 12.3. The molecule has 134 valence electrons. The van der Waals surface area contributed by atoms with Crippen LogP contribution in [-0.2, 0) is 6.54 Å². The van der Waals surface area contributed by atoms with E-state index in [4.69, 9.17) is 28.2 Å². The first-order valence-corrected chi connectivity index (χ1v) is 9.56. The third kappa shape index (κ3) is 4.84. The van der Waals surface area contributed by atoms with E-state index in [-0.39, 0.29) is 6.04 Å². The van der Waals surface area contributed by atoms with E-state index < -0.39 is 0 Å². The van der Waals surface area contributed by atoms with E-state index in [1.807, 2.05) is 25.1 Å². The van der Waals surface area contributed by atoms with Crippen LogP contribution in [-0.4, -0.2) is 23.1 Å². The summed E-state index contributed by atoms with van der Waals surface area (Å²) in [5, 5.41) is 4.83. The Balaban J connectivity index is 1.69. The van der Waals surface area contributed by atoms with Crippen LogP contribution in [0, 0.1) is 6.92 Å². The van der Waals surface area contributed by atoms with E-state index in [1.54, 1.807) is 6.07 Å². The van der Waals surface area contributed by atoms with Gasteiger partial charge in [-0.05, 0) is 56.9 Å². The van der Waals surface area contributed by atoms with Gasteiger partial charge >= 0.3 is 0 Å². The van der Waals surface area contributed by atoms with Crippen molar-refractivity contribution in [1.29, 1.82) is 0 Å². The van der Waals surface area contributed by atoms with E-state index in [9.17, 15) is 0 Å². The maximum atomic E-state index is 6.30. The van der Waals surface area contributed by atoms with Crippen molar-refractivity contribution in [3.8, 4) is 0 Å². The highest BCUT2D eigenvalue weighted by atomic mass is 35.5. The maximum Gasteiger partial charge on any atom is 0.225 e. The number of aryl methyl sites for hydroxylation is 1. The molecular weight excluding hydrogens is 355 g/mol. The quantitative estimate of drug-likeness (QED) is 0.800. The lowest BCUT2D eigenvalue weighted by molar-refractivity contribution is 0.554.